The van der Waals surface area contributed by atoms with Crippen LogP contribution in [0.4, 0.5) is 10.1 Å². The third-order valence-corrected chi connectivity index (χ3v) is 3.58. The van der Waals surface area contributed by atoms with Gasteiger partial charge < -0.3 is 5.73 Å². The summed E-state index contributed by atoms with van der Waals surface area (Å²) in [6, 6.07) is 12.9. The third-order valence-electron chi connectivity index (χ3n) is 2.52. The number of rotatable bonds is 3. The third kappa shape index (κ3) is 3.24. The van der Waals surface area contributed by atoms with Crippen LogP contribution in [0.2, 0.25) is 0 Å². The molecule has 1 nitrogen and oxygen atoms in total. The Morgan fingerprint density at radius 2 is 1.82 bits per heavy atom. The summed E-state index contributed by atoms with van der Waals surface area (Å²) in [5.74, 6) is 0.474. The highest BCUT2D eigenvalue weighted by molar-refractivity contribution is 7.98. The largest absolute Gasteiger partial charge is 0.398 e. The fraction of sp³-hybridized carbons (Fsp3) is 0.143. The van der Waals surface area contributed by atoms with Gasteiger partial charge in [0, 0.05) is 16.3 Å². The van der Waals surface area contributed by atoms with Crippen molar-refractivity contribution in [3.8, 4) is 0 Å². The van der Waals surface area contributed by atoms with Crippen LogP contribution >= 0.6 is 11.8 Å². The standard InChI is InChI=1S/C14H14FNS/c1-10-2-6-13(7-3-10)17-9-11-4-5-12(15)8-14(11)16/h2-8H,9,16H2,1H3. The number of hydrogen-bond acceptors (Lipinski definition) is 2. The number of aryl methyl sites for hydroxylation is 1. The van der Waals surface area contributed by atoms with E-state index in [4.69, 9.17) is 5.73 Å². The van der Waals surface area contributed by atoms with Crippen molar-refractivity contribution in [3.63, 3.8) is 0 Å². The number of nitrogens with two attached hydrogens (primary N) is 1. The first kappa shape index (κ1) is 12.0. The quantitative estimate of drug-likeness (QED) is 0.655. The maximum atomic E-state index is 12.9. The van der Waals surface area contributed by atoms with E-state index in [1.165, 1.54) is 22.6 Å². The average Bonchev–Trinajstić information content (AvgIpc) is 2.30. The van der Waals surface area contributed by atoms with Gasteiger partial charge in [0.15, 0.2) is 0 Å². The number of halogens is 1. The van der Waals surface area contributed by atoms with Crippen molar-refractivity contribution in [1.82, 2.24) is 0 Å². The summed E-state index contributed by atoms with van der Waals surface area (Å²) in [6.07, 6.45) is 0. The van der Waals surface area contributed by atoms with Crippen LogP contribution in [0.5, 0.6) is 0 Å². The zero-order chi connectivity index (χ0) is 12.3. The fourth-order valence-corrected chi connectivity index (χ4v) is 2.41. The molecule has 0 aliphatic rings. The van der Waals surface area contributed by atoms with Crippen LogP contribution in [0.25, 0.3) is 0 Å². The lowest BCUT2D eigenvalue weighted by atomic mass is 10.2. The molecule has 0 bridgehead atoms. The number of benzene rings is 2. The van der Waals surface area contributed by atoms with E-state index in [0.29, 0.717) is 5.69 Å². The van der Waals surface area contributed by atoms with E-state index in [1.54, 1.807) is 17.8 Å². The zero-order valence-electron chi connectivity index (χ0n) is 9.61. The van der Waals surface area contributed by atoms with Crippen molar-refractivity contribution in [3.05, 3.63) is 59.4 Å². The monoisotopic (exact) mass is 247 g/mol. The molecule has 0 radical (unpaired) electrons. The van der Waals surface area contributed by atoms with Crippen LogP contribution in [-0.2, 0) is 5.75 Å². The second kappa shape index (κ2) is 5.23. The Morgan fingerprint density at radius 3 is 2.47 bits per heavy atom. The fourth-order valence-electron chi connectivity index (χ4n) is 1.49. The molecule has 0 heterocycles. The molecule has 0 aliphatic carbocycles. The van der Waals surface area contributed by atoms with Crippen LogP contribution in [0.1, 0.15) is 11.1 Å². The molecule has 0 unspecified atom stereocenters. The van der Waals surface area contributed by atoms with Gasteiger partial charge in [-0.2, -0.15) is 0 Å². The number of nitrogen functional groups attached to an aromatic ring is 1. The van der Waals surface area contributed by atoms with E-state index in [9.17, 15) is 4.39 Å². The first-order valence-electron chi connectivity index (χ1n) is 5.38. The molecule has 0 spiro atoms. The maximum absolute atomic E-state index is 12.9. The molecule has 0 saturated heterocycles. The summed E-state index contributed by atoms with van der Waals surface area (Å²) < 4.78 is 12.9. The van der Waals surface area contributed by atoms with Gasteiger partial charge in [0.2, 0.25) is 0 Å². The Bertz CT molecular complexity index is 508. The molecule has 0 aromatic heterocycles. The molecule has 0 aliphatic heterocycles. The van der Waals surface area contributed by atoms with Crippen LogP contribution in [0, 0.1) is 12.7 Å². The molecule has 88 valence electrons. The molecule has 17 heavy (non-hydrogen) atoms. The number of thioether (sulfide) groups is 1. The Labute approximate surface area is 105 Å². The SMILES string of the molecule is Cc1ccc(SCc2ccc(F)cc2N)cc1. The smallest absolute Gasteiger partial charge is 0.125 e. The summed E-state index contributed by atoms with van der Waals surface area (Å²) >= 11 is 1.70. The molecule has 3 heteroatoms. The minimum absolute atomic E-state index is 0.286. The van der Waals surface area contributed by atoms with E-state index >= 15 is 0 Å². The van der Waals surface area contributed by atoms with Crippen molar-refractivity contribution in [2.24, 2.45) is 0 Å². The van der Waals surface area contributed by atoms with Gasteiger partial charge in [0.1, 0.15) is 5.82 Å². The lowest BCUT2D eigenvalue weighted by Gasteiger charge is -2.06. The van der Waals surface area contributed by atoms with Gasteiger partial charge in [-0.3, -0.25) is 0 Å². The molecule has 0 fully saturated rings. The predicted octanol–water partition coefficient (Wildman–Crippen LogP) is 4.01. The van der Waals surface area contributed by atoms with Crippen LogP contribution in [-0.4, -0.2) is 0 Å². The molecular weight excluding hydrogens is 233 g/mol. The predicted molar refractivity (Wildman–Crippen MR) is 71.6 cm³/mol. The lowest BCUT2D eigenvalue weighted by Crippen LogP contribution is -1.93. The molecule has 0 atom stereocenters. The topological polar surface area (TPSA) is 26.0 Å². The first-order valence-corrected chi connectivity index (χ1v) is 6.37. The van der Waals surface area contributed by atoms with Gasteiger partial charge in [-0.1, -0.05) is 23.8 Å². The van der Waals surface area contributed by atoms with Crippen molar-refractivity contribution in [1.29, 1.82) is 0 Å². The molecular formula is C14H14FNS. The van der Waals surface area contributed by atoms with E-state index in [2.05, 4.69) is 31.2 Å². The van der Waals surface area contributed by atoms with Gasteiger partial charge in [0.25, 0.3) is 0 Å². The highest BCUT2D eigenvalue weighted by Crippen LogP contribution is 2.26. The van der Waals surface area contributed by atoms with E-state index in [1.807, 2.05) is 0 Å². The first-order chi connectivity index (χ1) is 8.15. The molecule has 2 aromatic rings. The van der Waals surface area contributed by atoms with Crippen molar-refractivity contribution in [2.45, 2.75) is 17.6 Å². The van der Waals surface area contributed by atoms with Gasteiger partial charge in [-0.05, 0) is 36.8 Å². The molecule has 0 saturated carbocycles. The second-order valence-corrected chi connectivity index (χ2v) is 4.99. The summed E-state index contributed by atoms with van der Waals surface area (Å²) in [6.45, 7) is 2.06. The summed E-state index contributed by atoms with van der Waals surface area (Å²) in [5, 5.41) is 0. The van der Waals surface area contributed by atoms with Gasteiger partial charge in [0.05, 0.1) is 0 Å². The van der Waals surface area contributed by atoms with Crippen molar-refractivity contribution >= 4 is 17.4 Å². The minimum atomic E-state index is -0.286. The zero-order valence-corrected chi connectivity index (χ0v) is 10.4. The molecule has 2 rings (SSSR count). The van der Waals surface area contributed by atoms with Crippen molar-refractivity contribution < 1.29 is 4.39 Å². The van der Waals surface area contributed by atoms with Gasteiger partial charge in [-0.15, -0.1) is 11.8 Å². The Hall–Kier alpha value is -1.48. The van der Waals surface area contributed by atoms with Crippen molar-refractivity contribution in [2.75, 3.05) is 5.73 Å². The lowest BCUT2D eigenvalue weighted by molar-refractivity contribution is 0.628. The molecule has 2 aromatic carbocycles. The normalized spacial score (nSPS) is 10.5. The Kier molecular flexibility index (Phi) is 3.69. The highest BCUT2D eigenvalue weighted by Gasteiger charge is 2.02. The highest BCUT2D eigenvalue weighted by atomic mass is 32.2. The van der Waals surface area contributed by atoms with Crippen LogP contribution in [0.15, 0.2) is 47.4 Å². The number of anilines is 1. The van der Waals surface area contributed by atoms with E-state index in [-0.39, 0.29) is 5.82 Å². The van der Waals surface area contributed by atoms with Gasteiger partial charge >= 0.3 is 0 Å². The maximum Gasteiger partial charge on any atom is 0.125 e. The van der Waals surface area contributed by atoms with Crippen LogP contribution in [0.3, 0.4) is 0 Å². The average molecular weight is 247 g/mol. The summed E-state index contributed by atoms with van der Waals surface area (Å²) in [5.41, 5.74) is 8.49. The minimum Gasteiger partial charge on any atom is -0.398 e. The summed E-state index contributed by atoms with van der Waals surface area (Å²) in [7, 11) is 0. The molecule has 0 amide bonds. The van der Waals surface area contributed by atoms with E-state index < -0.39 is 0 Å². The van der Waals surface area contributed by atoms with Gasteiger partial charge in [-0.25, -0.2) is 4.39 Å². The Balaban J connectivity index is 2.04. The van der Waals surface area contributed by atoms with E-state index in [0.717, 1.165) is 11.3 Å². The van der Waals surface area contributed by atoms with Crippen LogP contribution < -0.4 is 5.73 Å². The summed E-state index contributed by atoms with van der Waals surface area (Å²) in [4.78, 5) is 1.19. The molecule has 2 N–H and O–H groups in total. The Morgan fingerprint density at radius 1 is 1.12 bits per heavy atom. The number of hydrogen-bond donors (Lipinski definition) is 1. The second-order valence-electron chi connectivity index (χ2n) is 3.94.